The molecular weight excluding hydrogens is 554 g/mol. The van der Waals surface area contributed by atoms with Crippen LogP contribution in [0.3, 0.4) is 0 Å². The summed E-state index contributed by atoms with van der Waals surface area (Å²) >= 11 is 0. The van der Waals surface area contributed by atoms with E-state index < -0.39 is 23.1 Å². The predicted molar refractivity (Wildman–Crippen MR) is 174 cm³/mol. The van der Waals surface area contributed by atoms with Gasteiger partial charge < -0.3 is 20.1 Å². The lowest BCUT2D eigenvalue weighted by Crippen LogP contribution is -2.76. The number of ketones is 1. The second-order valence-corrected chi connectivity index (χ2v) is 13.7. The summed E-state index contributed by atoms with van der Waals surface area (Å²) in [5.41, 5.74) is 0.256. The summed E-state index contributed by atoms with van der Waals surface area (Å²) in [7, 11) is 0. The second kappa shape index (κ2) is 16.3. The van der Waals surface area contributed by atoms with Gasteiger partial charge in [0.15, 0.2) is 23.4 Å². The molecule has 3 N–H and O–H groups in total. The van der Waals surface area contributed by atoms with Crippen LogP contribution in [0.15, 0.2) is 24.8 Å². The van der Waals surface area contributed by atoms with Crippen molar-refractivity contribution in [2.75, 3.05) is 13.1 Å². The minimum absolute atomic E-state index is 0.0408. The molecule has 4 atom stereocenters. The maximum Gasteiger partial charge on any atom is 0.303 e. The van der Waals surface area contributed by atoms with Crippen molar-refractivity contribution < 1.29 is 29.6 Å². The molecule has 246 valence electrons. The summed E-state index contributed by atoms with van der Waals surface area (Å²) in [4.78, 5) is 25.2. The number of nitrogens with zero attached hydrogens (tertiary/aromatic N) is 1. The minimum Gasteiger partial charge on any atom is -0.504 e. The molecule has 1 saturated carbocycles. The Kier molecular flexibility index (Phi) is 12.7. The summed E-state index contributed by atoms with van der Waals surface area (Å²) in [6.45, 7) is 7.63. The number of likely N-dealkylation sites (tertiary alicyclic amines) is 1. The summed E-state index contributed by atoms with van der Waals surface area (Å²) in [5.74, 6) is -0.125. The molecule has 2 fully saturated rings. The Morgan fingerprint density at radius 3 is 2.14 bits per heavy atom. The van der Waals surface area contributed by atoms with E-state index in [4.69, 9.17) is 9.84 Å². The summed E-state index contributed by atoms with van der Waals surface area (Å²) < 4.78 is 5.98. The molecule has 0 aromatic heterocycles. The van der Waals surface area contributed by atoms with Gasteiger partial charge in [0.2, 0.25) is 0 Å². The van der Waals surface area contributed by atoms with Gasteiger partial charge in [-0.25, -0.2) is 0 Å². The van der Waals surface area contributed by atoms with Crippen LogP contribution in [-0.4, -0.2) is 62.8 Å². The molecule has 7 heteroatoms. The van der Waals surface area contributed by atoms with Crippen LogP contribution in [0.1, 0.15) is 140 Å². The molecule has 44 heavy (non-hydrogen) atoms. The largest absolute Gasteiger partial charge is 0.504 e. The normalized spacial score (nSPS) is 26.4. The number of rotatable bonds is 18. The lowest BCUT2D eigenvalue weighted by molar-refractivity contribution is -0.187. The Morgan fingerprint density at radius 1 is 0.977 bits per heavy atom. The Morgan fingerprint density at radius 2 is 1.57 bits per heavy atom. The highest BCUT2D eigenvalue weighted by molar-refractivity contribution is 5.90. The third-order valence-corrected chi connectivity index (χ3v) is 10.7. The molecule has 1 aromatic carbocycles. The number of piperidine rings is 1. The van der Waals surface area contributed by atoms with Crippen LogP contribution in [0.5, 0.6) is 11.5 Å². The SMILES string of the molecule is C=CCN1CC[C@]23c4c5ccc(O)c4O[C@H]2C(=O)CC[C@@]3(O)[C@H]1C5.CCCCCCCCCCCCCCCCCC(=O)O. The zero-order valence-corrected chi connectivity index (χ0v) is 27.2. The molecule has 4 aliphatic rings. The van der Waals surface area contributed by atoms with Crippen molar-refractivity contribution in [2.24, 2.45) is 0 Å². The smallest absolute Gasteiger partial charge is 0.303 e. The van der Waals surface area contributed by atoms with Crippen molar-refractivity contribution in [3.05, 3.63) is 35.9 Å². The number of aliphatic carboxylic acids is 1. The maximum absolute atomic E-state index is 12.6. The average Bonchev–Trinajstić information content (AvgIpc) is 3.36. The van der Waals surface area contributed by atoms with Crippen LogP contribution in [0.4, 0.5) is 0 Å². The highest BCUT2D eigenvalue weighted by atomic mass is 16.5. The van der Waals surface area contributed by atoms with Gasteiger partial charge in [0.1, 0.15) is 0 Å². The zero-order chi connectivity index (χ0) is 31.6. The summed E-state index contributed by atoms with van der Waals surface area (Å²) in [5, 5.41) is 30.6. The van der Waals surface area contributed by atoms with Crippen molar-refractivity contribution in [3.8, 4) is 11.5 Å². The maximum atomic E-state index is 12.6. The van der Waals surface area contributed by atoms with Crippen LogP contribution >= 0.6 is 0 Å². The first-order chi connectivity index (χ1) is 21.3. The van der Waals surface area contributed by atoms with E-state index in [2.05, 4.69) is 18.4 Å². The van der Waals surface area contributed by atoms with E-state index in [1.54, 1.807) is 6.07 Å². The number of aliphatic hydroxyl groups is 1. The number of carboxylic acids is 1. The molecule has 0 radical (unpaired) electrons. The third-order valence-electron chi connectivity index (χ3n) is 10.7. The summed E-state index contributed by atoms with van der Waals surface area (Å²) in [6, 6.07) is 3.52. The van der Waals surface area contributed by atoms with E-state index in [-0.39, 0.29) is 17.6 Å². The van der Waals surface area contributed by atoms with Gasteiger partial charge in [0, 0.05) is 37.5 Å². The fraction of sp³-hybridized carbons (Fsp3) is 0.730. The number of carbonyl (C=O) groups is 2. The Labute approximate surface area is 265 Å². The topological polar surface area (TPSA) is 107 Å². The van der Waals surface area contributed by atoms with Crippen molar-refractivity contribution in [1.82, 2.24) is 4.90 Å². The van der Waals surface area contributed by atoms with Crippen LogP contribution in [-0.2, 0) is 21.4 Å². The fourth-order valence-corrected chi connectivity index (χ4v) is 8.44. The van der Waals surface area contributed by atoms with E-state index >= 15 is 0 Å². The highest BCUT2D eigenvalue weighted by Gasteiger charge is 2.73. The quantitative estimate of drug-likeness (QED) is 0.116. The van der Waals surface area contributed by atoms with Crippen molar-refractivity contribution in [3.63, 3.8) is 0 Å². The highest BCUT2D eigenvalue weighted by Crippen LogP contribution is 2.64. The van der Waals surface area contributed by atoms with Crippen LogP contribution < -0.4 is 4.74 Å². The molecule has 2 aliphatic carbocycles. The molecule has 7 nitrogen and oxygen atoms in total. The molecular formula is C37H57NO6. The monoisotopic (exact) mass is 611 g/mol. The van der Waals surface area contributed by atoms with Gasteiger partial charge in [0.25, 0.3) is 0 Å². The van der Waals surface area contributed by atoms with Gasteiger partial charge in [0.05, 0.1) is 11.0 Å². The number of benzene rings is 1. The first kappa shape index (κ1) is 34.5. The molecule has 5 rings (SSSR count). The van der Waals surface area contributed by atoms with E-state index in [0.717, 1.165) is 37.1 Å². The lowest BCUT2D eigenvalue weighted by atomic mass is 9.49. The van der Waals surface area contributed by atoms with Gasteiger partial charge in [-0.2, -0.15) is 0 Å². The third kappa shape index (κ3) is 7.36. The van der Waals surface area contributed by atoms with Gasteiger partial charge in [-0.3, -0.25) is 14.5 Å². The first-order valence-electron chi connectivity index (χ1n) is 17.6. The van der Waals surface area contributed by atoms with Gasteiger partial charge >= 0.3 is 5.97 Å². The Balaban J connectivity index is 0.000000206. The molecule has 2 aliphatic heterocycles. The number of ether oxygens (including phenoxy) is 1. The summed E-state index contributed by atoms with van der Waals surface area (Å²) in [6.07, 6.45) is 23.5. The van der Waals surface area contributed by atoms with Crippen LogP contribution in [0.25, 0.3) is 0 Å². The van der Waals surface area contributed by atoms with Gasteiger partial charge in [-0.15, -0.1) is 6.58 Å². The minimum atomic E-state index is -1.00. The first-order valence-corrected chi connectivity index (χ1v) is 17.6. The van der Waals surface area contributed by atoms with Crippen LogP contribution in [0, 0.1) is 0 Å². The van der Waals surface area contributed by atoms with Crippen LogP contribution in [0.2, 0.25) is 0 Å². The second-order valence-electron chi connectivity index (χ2n) is 13.7. The average molecular weight is 612 g/mol. The number of hydrogen-bond donors (Lipinski definition) is 3. The van der Waals surface area contributed by atoms with Gasteiger partial charge in [-0.05, 0) is 37.3 Å². The van der Waals surface area contributed by atoms with Crippen molar-refractivity contribution >= 4 is 11.8 Å². The number of carboxylic acid groups (broad SMARTS) is 1. The molecule has 0 amide bonds. The Bertz CT molecular complexity index is 1120. The van der Waals surface area contributed by atoms with E-state index in [9.17, 15) is 19.8 Å². The van der Waals surface area contributed by atoms with Crippen molar-refractivity contribution in [2.45, 2.75) is 159 Å². The Hall–Kier alpha value is -2.38. The fourth-order valence-electron chi connectivity index (χ4n) is 8.44. The van der Waals surface area contributed by atoms with E-state index in [0.29, 0.717) is 37.9 Å². The predicted octanol–water partition coefficient (Wildman–Crippen LogP) is 7.63. The molecule has 2 bridgehead atoms. The number of phenolic OH excluding ortho intramolecular Hbond substituents is 1. The zero-order valence-electron chi connectivity index (χ0n) is 27.2. The van der Waals surface area contributed by atoms with Gasteiger partial charge in [-0.1, -0.05) is 109 Å². The molecule has 1 saturated heterocycles. The van der Waals surface area contributed by atoms with Crippen molar-refractivity contribution in [1.29, 1.82) is 0 Å². The number of Topliss-reactive ketones (excluding diaryl/α,β-unsaturated/α-hetero) is 1. The lowest BCUT2D eigenvalue weighted by Gasteiger charge is -2.62. The molecule has 1 aromatic rings. The number of hydrogen-bond acceptors (Lipinski definition) is 6. The number of unbranched alkanes of at least 4 members (excludes halogenated alkanes) is 14. The van der Waals surface area contributed by atoms with E-state index in [1.165, 1.54) is 83.5 Å². The molecule has 0 unspecified atom stereocenters. The molecule has 1 spiro atoms. The number of aromatic hydroxyl groups is 1. The van der Waals surface area contributed by atoms with E-state index in [1.807, 2.05) is 12.1 Å². The standard InChI is InChI=1S/C19H21NO4.C18H36O2/c1-2-8-20-9-7-18-15-11-3-4-12(21)16(15)24-17(18)13(22)5-6-19(18,23)14(20)10-11;1-2-3-4-5-6-7-8-9-10-11-12-13-14-15-16-17-18(19)20/h2-4,14,17,21,23H,1,5-10H2;2-17H2,1H3,(H,19,20)/t14-,17+,18+,19-;/m1./s1. The molecule has 2 heterocycles. The number of carbonyl (C=O) groups excluding carboxylic acids is 1. The number of phenols is 1.